The Bertz CT molecular complexity index is 226. The van der Waals surface area contributed by atoms with E-state index in [2.05, 4.69) is 0 Å². The molecule has 0 aliphatic carbocycles. The number of carbonyl (C=O) groups is 1. The smallest absolute Gasteiger partial charge is 0.320 e. The zero-order valence-electron chi connectivity index (χ0n) is 8.01. The van der Waals surface area contributed by atoms with E-state index in [1.807, 2.05) is 25.7 Å². The summed E-state index contributed by atoms with van der Waals surface area (Å²) in [5, 5.41) is 16.7. The minimum atomic E-state index is -1.96. The fourth-order valence-electron chi connectivity index (χ4n) is 1.30. The first kappa shape index (κ1) is 11.2. The second-order valence-electron chi connectivity index (χ2n) is 3.93. The molecule has 0 heterocycles. The van der Waals surface area contributed by atoms with Crippen LogP contribution in [0.1, 0.15) is 13.3 Å². The summed E-state index contributed by atoms with van der Waals surface area (Å²) in [6.07, 6.45) is 0.397. The zero-order valence-corrected chi connectivity index (χ0v) is 9.01. The minimum Gasteiger partial charge on any atom is -0.480 e. The Kier molecular flexibility index (Phi) is 3.05. The van der Waals surface area contributed by atoms with Crippen LogP contribution in [0.25, 0.3) is 0 Å². The molecule has 0 spiro atoms. The molecule has 0 aromatic rings. The summed E-state index contributed by atoms with van der Waals surface area (Å²) in [5.74, 6) is -0.966. The van der Waals surface area contributed by atoms with E-state index < -0.39 is 19.1 Å². The first-order chi connectivity index (χ1) is 5.31. The molecule has 0 aliphatic heterocycles. The molecule has 0 aliphatic rings. The van der Waals surface area contributed by atoms with Gasteiger partial charge < -0.3 is 5.11 Å². The minimum absolute atomic E-state index is 0.397. The van der Waals surface area contributed by atoms with Crippen molar-refractivity contribution < 1.29 is 9.90 Å². The van der Waals surface area contributed by atoms with Crippen molar-refractivity contribution in [3.8, 4) is 6.07 Å². The van der Waals surface area contributed by atoms with Crippen LogP contribution in [0.4, 0.5) is 0 Å². The maximum Gasteiger partial charge on any atom is 0.320 e. The van der Waals surface area contributed by atoms with Gasteiger partial charge in [0.1, 0.15) is 5.04 Å². The van der Waals surface area contributed by atoms with Gasteiger partial charge in [-0.05, 0) is 6.42 Å². The van der Waals surface area contributed by atoms with Crippen molar-refractivity contribution in [3.63, 3.8) is 0 Å². The monoisotopic (exact) mass is 185 g/mol. The van der Waals surface area contributed by atoms with Gasteiger partial charge >= 0.3 is 5.97 Å². The lowest BCUT2D eigenvalue weighted by Gasteiger charge is -2.32. The van der Waals surface area contributed by atoms with Gasteiger partial charge in [-0.15, -0.1) is 0 Å². The van der Waals surface area contributed by atoms with Crippen molar-refractivity contribution in [1.29, 1.82) is 5.26 Å². The summed E-state index contributed by atoms with van der Waals surface area (Å²) in [6.45, 7) is 7.49. The van der Waals surface area contributed by atoms with Gasteiger partial charge in [-0.2, -0.15) is 5.26 Å². The molecule has 1 atom stereocenters. The number of aliphatic carboxylic acids is 1. The first-order valence-electron chi connectivity index (χ1n) is 3.96. The topological polar surface area (TPSA) is 61.1 Å². The maximum absolute atomic E-state index is 10.9. The number of rotatable bonds is 3. The molecule has 68 valence electrons. The Balaban J connectivity index is 5.15. The van der Waals surface area contributed by atoms with Crippen LogP contribution in [-0.4, -0.2) is 19.1 Å². The fraction of sp³-hybridized carbons (Fsp3) is 0.750. The van der Waals surface area contributed by atoms with Crippen LogP contribution in [-0.2, 0) is 4.79 Å². The van der Waals surface area contributed by atoms with Crippen molar-refractivity contribution in [1.82, 2.24) is 0 Å². The Morgan fingerprint density at radius 1 is 1.58 bits per heavy atom. The van der Waals surface area contributed by atoms with E-state index in [0.717, 1.165) is 0 Å². The van der Waals surface area contributed by atoms with Gasteiger partial charge in [-0.1, -0.05) is 26.6 Å². The number of carboxylic acid groups (broad SMARTS) is 1. The fourth-order valence-corrected chi connectivity index (χ4v) is 3.33. The summed E-state index contributed by atoms with van der Waals surface area (Å²) >= 11 is 0. The lowest BCUT2D eigenvalue weighted by molar-refractivity contribution is -0.139. The van der Waals surface area contributed by atoms with Crippen LogP contribution in [0.15, 0.2) is 0 Å². The quantitative estimate of drug-likeness (QED) is 0.685. The lowest BCUT2D eigenvalue weighted by Crippen LogP contribution is -2.43. The third kappa shape index (κ3) is 1.51. The molecule has 12 heavy (non-hydrogen) atoms. The number of hydrogen-bond acceptors (Lipinski definition) is 2. The van der Waals surface area contributed by atoms with Crippen LogP contribution >= 0.6 is 0 Å². The lowest BCUT2D eigenvalue weighted by atomic mass is 10.1. The number of carboxylic acids is 1. The second-order valence-corrected chi connectivity index (χ2v) is 9.28. The van der Waals surface area contributed by atoms with Crippen molar-refractivity contribution >= 4 is 14.0 Å². The van der Waals surface area contributed by atoms with E-state index in [9.17, 15) is 4.79 Å². The van der Waals surface area contributed by atoms with Crippen LogP contribution in [0, 0.1) is 11.3 Å². The highest BCUT2D eigenvalue weighted by atomic mass is 28.3. The largest absolute Gasteiger partial charge is 0.480 e. The predicted molar refractivity (Wildman–Crippen MR) is 49.6 cm³/mol. The SMILES string of the molecule is CCC(C#N)(C(=O)O)[Si](C)(C)C. The normalized spacial score (nSPS) is 16.2. The molecule has 0 saturated heterocycles. The van der Waals surface area contributed by atoms with Gasteiger partial charge in [-0.25, -0.2) is 0 Å². The van der Waals surface area contributed by atoms with Gasteiger partial charge in [0.15, 0.2) is 0 Å². The van der Waals surface area contributed by atoms with E-state index in [4.69, 9.17) is 10.4 Å². The molecule has 0 saturated carbocycles. The van der Waals surface area contributed by atoms with Gasteiger partial charge in [-0.3, -0.25) is 4.79 Å². The Hall–Kier alpha value is -0.823. The van der Waals surface area contributed by atoms with Gasteiger partial charge in [0.2, 0.25) is 0 Å². The van der Waals surface area contributed by atoms with Crippen molar-refractivity contribution in [3.05, 3.63) is 0 Å². The summed E-state index contributed by atoms with van der Waals surface area (Å²) in [5.41, 5.74) is 0. The summed E-state index contributed by atoms with van der Waals surface area (Å²) in [7, 11) is -1.96. The number of nitrogens with zero attached hydrogens (tertiary/aromatic N) is 1. The highest BCUT2D eigenvalue weighted by molar-refractivity contribution is 6.83. The number of nitriles is 1. The highest BCUT2D eigenvalue weighted by Crippen LogP contribution is 2.40. The molecule has 0 radical (unpaired) electrons. The molecule has 0 aromatic heterocycles. The summed E-state index contributed by atoms with van der Waals surface area (Å²) < 4.78 is 0. The molecule has 4 heteroatoms. The average molecular weight is 185 g/mol. The molecule has 0 fully saturated rings. The van der Waals surface area contributed by atoms with E-state index in [-0.39, 0.29) is 0 Å². The van der Waals surface area contributed by atoms with Crippen molar-refractivity contribution in [2.45, 2.75) is 38.0 Å². The predicted octanol–water partition coefficient (Wildman–Crippen LogP) is 2.08. The van der Waals surface area contributed by atoms with E-state index in [1.54, 1.807) is 6.92 Å². The molecular formula is C8H15NO2Si. The maximum atomic E-state index is 10.9. The number of hydrogen-bond donors (Lipinski definition) is 1. The van der Waals surface area contributed by atoms with Crippen LogP contribution in [0.5, 0.6) is 0 Å². The molecular weight excluding hydrogens is 170 g/mol. The summed E-state index contributed by atoms with van der Waals surface area (Å²) in [6, 6.07) is 1.97. The third-order valence-electron chi connectivity index (χ3n) is 2.37. The van der Waals surface area contributed by atoms with Gasteiger partial charge in [0.25, 0.3) is 0 Å². The van der Waals surface area contributed by atoms with Crippen LogP contribution < -0.4 is 0 Å². The Labute approximate surface area is 74.0 Å². The molecule has 3 nitrogen and oxygen atoms in total. The molecule has 1 unspecified atom stereocenters. The zero-order chi connectivity index (χ0) is 9.99. The summed E-state index contributed by atoms with van der Waals surface area (Å²) in [4.78, 5) is 10.9. The van der Waals surface area contributed by atoms with Crippen molar-refractivity contribution in [2.24, 2.45) is 0 Å². The van der Waals surface area contributed by atoms with Crippen LogP contribution in [0.2, 0.25) is 24.7 Å². The molecule has 0 aromatic carbocycles. The van der Waals surface area contributed by atoms with Crippen LogP contribution in [0.3, 0.4) is 0 Å². The van der Waals surface area contributed by atoms with Crippen molar-refractivity contribution in [2.75, 3.05) is 0 Å². The third-order valence-corrected chi connectivity index (χ3v) is 5.61. The van der Waals surface area contributed by atoms with Gasteiger partial charge in [0, 0.05) is 0 Å². The van der Waals surface area contributed by atoms with Gasteiger partial charge in [0.05, 0.1) is 14.1 Å². The molecule has 0 bridgehead atoms. The molecule has 1 N–H and O–H groups in total. The second kappa shape index (κ2) is 3.28. The molecule has 0 amide bonds. The molecule has 0 rings (SSSR count). The van der Waals surface area contributed by atoms with E-state index in [0.29, 0.717) is 6.42 Å². The Morgan fingerprint density at radius 3 is 2.00 bits per heavy atom. The standard InChI is InChI=1S/C8H15NO2Si/c1-5-8(6-9,7(10)11)12(2,3)4/h5H2,1-4H3,(H,10,11). The first-order valence-corrected chi connectivity index (χ1v) is 7.46. The van der Waals surface area contributed by atoms with E-state index in [1.165, 1.54) is 0 Å². The highest BCUT2D eigenvalue weighted by Gasteiger charge is 2.49. The Morgan fingerprint density at radius 2 is 2.00 bits per heavy atom. The van der Waals surface area contributed by atoms with E-state index >= 15 is 0 Å². The average Bonchev–Trinajstić information content (AvgIpc) is 1.87.